The Balaban J connectivity index is 1.63. The third-order valence-electron chi connectivity index (χ3n) is 7.19. The van der Waals surface area contributed by atoms with Crippen molar-refractivity contribution in [2.24, 2.45) is 5.73 Å². The van der Waals surface area contributed by atoms with Gasteiger partial charge in [-0.05, 0) is 70.8 Å². The molecule has 2 N–H and O–H groups in total. The molecule has 2 aliphatic rings. The maximum Gasteiger partial charge on any atom is 0.410 e. The van der Waals surface area contributed by atoms with Gasteiger partial charge in [-0.1, -0.05) is 30.3 Å². The van der Waals surface area contributed by atoms with Crippen molar-refractivity contribution in [1.82, 2.24) is 4.90 Å². The molecule has 1 saturated heterocycles. The van der Waals surface area contributed by atoms with E-state index in [0.29, 0.717) is 25.5 Å². The van der Waals surface area contributed by atoms with Crippen molar-refractivity contribution in [3.63, 3.8) is 0 Å². The van der Waals surface area contributed by atoms with E-state index in [2.05, 4.69) is 35.1 Å². The van der Waals surface area contributed by atoms with Gasteiger partial charge >= 0.3 is 12.1 Å². The van der Waals surface area contributed by atoms with E-state index in [9.17, 15) is 9.59 Å². The molecule has 3 rings (SSSR count). The zero-order valence-corrected chi connectivity index (χ0v) is 22.4. The summed E-state index contributed by atoms with van der Waals surface area (Å²) < 4.78 is 22.6. The zero-order valence-electron chi connectivity index (χ0n) is 22.4. The molecule has 0 bridgehead atoms. The summed E-state index contributed by atoms with van der Waals surface area (Å²) >= 11 is 0. The quantitative estimate of drug-likeness (QED) is 0.393. The van der Waals surface area contributed by atoms with Crippen LogP contribution in [0.4, 0.5) is 4.79 Å². The van der Waals surface area contributed by atoms with Gasteiger partial charge in [-0.2, -0.15) is 0 Å². The Morgan fingerprint density at radius 2 is 1.81 bits per heavy atom. The first-order chi connectivity index (χ1) is 17.1. The van der Waals surface area contributed by atoms with E-state index in [0.717, 1.165) is 32.1 Å². The molecular formula is C28H44N2O6. The minimum absolute atomic E-state index is 0.136. The van der Waals surface area contributed by atoms with Gasteiger partial charge in [-0.3, -0.25) is 4.79 Å². The van der Waals surface area contributed by atoms with E-state index >= 15 is 0 Å². The highest BCUT2D eigenvalue weighted by Crippen LogP contribution is 2.35. The molecule has 0 spiro atoms. The van der Waals surface area contributed by atoms with Gasteiger partial charge in [-0.25, -0.2) is 4.79 Å². The maximum atomic E-state index is 13.1. The molecule has 8 nitrogen and oxygen atoms in total. The number of ether oxygens (including phenoxy) is 4. The number of piperidine rings is 1. The number of benzene rings is 1. The normalized spacial score (nSPS) is 26.9. The molecule has 1 aromatic carbocycles. The third kappa shape index (κ3) is 8.18. The van der Waals surface area contributed by atoms with E-state index in [4.69, 9.17) is 19.9 Å². The van der Waals surface area contributed by atoms with Crippen molar-refractivity contribution in [1.29, 1.82) is 0 Å². The molecule has 1 amide bonds. The number of carbonyl (C=O) groups excluding carboxylic acids is 2. The van der Waals surface area contributed by atoms with E-state index in [1.54, 1.807) is 4.90 Å². The van der Waals surface area contributed by atoms with Crippen LogP contribution in [0.15, 0.2) is 30.3 Å². The van der Waals surface area contributed by atoms with Gasteiger partial charge in [0.1, 0.15) is 5.60 Å². The van der Waals surface area contributed by atoms with E-state index < -0.39 is 11.1 Å². The molecule has 2 fully saturated rings. The summed E-state index contributed by atoms with van der Waals surface area (Å²) in [6.07, 6.45) is 5.48. The number of hydrogen-bond donors (Lipinski definition) is 1. The number of nitrogens with two attached hydrogens (primary N) is 1. The lowest BCUT2D eigenvalue weighted by molar-refractivity contribution is -0.142. The lowest BCUT2D eigenvalue weighted by Crippen LogP contribution is -2.67. The van der Waals surface area contributed by atoms with Crippen molar-refractivity contribution in [3.8, 4) is 0 Å². The molecule has 1 aromatic rings. The number of rotatable bonds is 9. The van der Waals surface area contributed by atoms with E-state index in [1.807, 2.05) is 20.8 Å². The second-order valence-corrected chi connectivity index (χ2v) is 11.1. The summed E-state index contributed by atoms with van der Waals surface area (Å²) in [7, 11) is 1.35. The number of amides is 1. The molecule has 36 heavy (non-hydrogen) atoms. The van der Waals surface area contributed by atoms with Crippen molar-refractivity contribution in [3.05, 3.63) is 35.9 Å². The van der Waals surface area contributed by atoms with Crippen LogP contribution in [0, 0.1) is 0 Å². The van der Waals surface area contributed by atoms with Crippen LogP contribution >= 0.6 is 0 Å². The maximum absolute atomic E-state index is 13.1. The van der Waals surface area contributed by atoms with E-state index in [1.165, 1.54) is 12.7 Å². The number of carbonyl (C=O) groups is 2. The summed E-state index contributed by atoms with van der Waals surface area (Å²) in [6, 6.07) is 10.3. The highest BCUT2D eigenvalue weighted by atomic mass is 16.6. The fraction of sp³-hybridized carbons (Fsp3) is 0.714. The van der Waals surface area contributed by atoms with Crippen molar-refractivity contribution < 1.29 is 28.5 Å². The first-order valence-electron chi connectivity index (χ1n) is 13.2. The molecule has 0 aromatic heterocycles. The average Bonchev–Trinajstić information content (AvgIpc) is 2.85. The van der Waals surface area contributed by atoms with E-state index in [-0.39, 0.29) is 43.8 Å². The number of methoxy groups -OCH3 is 1. The summed E-state index contributed by atoms with van der Waals surface area (Å²) in [5, 5.41) is 0. The highest BCUT2D eigenvalue weighted by molar-refractivity contribution is 5.69. The molecule has 2 atom stereocenters. The largest absolute Gasteiger partial charge is 0.469 e. The van der Waals surface area contributed by atoms with Crippen LogP contribution in [0.2, 0.25) is 0 Å². The molecule has 1 saturated carbocycles. The number of hydrogen-bond acceptors (Lipinski definition) is 7. The Kier molecular flexibility index (Phi) is 10.2. The standard InChI is InChI=1S/C28H44N2O6/c1-27(2,3)36-26(32)30-17-8-16-28(29,20-34-18-15-25(31)33-4)24(30)19-35-23-13-11-22(12-14-23)21-9-6-5-7-10-21/h5-7,9-10,22-24H,8,11-20,29H2,1-4H3/t22-,23+,24-,28+/m0/s1. The number of nitrogens with zero attached hydrogens (tertiary/aromatic N) is 1. The highest BCUT2D eigenvalue weighted by Gasteiger charge is 2.45. The molecule has 8 heteroatoms. The van der Waals surface area contributed by atoms with Crippen molar-refractivity contribution in [2.75, 3.05) is 33.5 Å². The Hall–Kier alpha value is -2.16. The minimum atomic E-state index is -0.799. The molecule has 0 radical (unpaired) electrons. The monoisotopic (exact) mass is 504 g/mol. The fourth-order valence-electron chi connectivity index (χ4n) is 5.21. The Morgan fingerprint density at radius 1 is 1.11 bits per heavy atom. The van der Waals surface area contributed by atoms with Gasteiger partial charge < -0.3 is 29.6 Å². The minimum Gasteiger partial charge on any atom is -0.469 e. The molecule has 1 heterocycles. The van der Waals surface area contributed by atoms with Crippen LogP contribution in [0.5, 0.6) is 0 Å². The Labute approximate surface area is 215 Å². The van der Waals surface area contributed by atoms with Gasteiger partial charge in [0.2, 0.25) is 0 Å². The molecule has 202 valence electrons. The summed E-state index contributed by atoms with van der Waals surface area (Å²) in [6.45, 7) is 6.90. The van der Waals surface area contributed by atoms with Crippen LogP contribution in [0.25, 0.3) is 0 Å². The second-order valence-electron chi connectivity index (χ2n) is 11.1. The molecule has 1 aliphatic carbocycles. The zero-order chi connectivity index (χ0) is 26.2. The van der Waals surface area contributed by atoms with Crippen LogP contribution in [-0.2, 0) is 23.7 Å². The fourth-order valence-corrected chi connectivity index (χ4v) is 5.21. The first kappa shape index (κ1) is 28.4. The van der Waals surface area contributed by atoms with Gasteiger partial charge in [-0.15, -0.1) is 0 Å². The van der Waals surface area contributed by atoms with Gasteiger partial charge in [0.15, 0.2) is 0 Å². The summed E-state index contributed by atoms with van der Waals surface area (Å²) in [5.74, 6) is 0.238. The average molecular weight is 505 g/mol. The predicted octanol–water partition coefficient (Wildman–Crippen LogP) is 4.41. The SMILES string of the molecule is COC(=O)CCOC[C@]1(N)CCCN(C(=O)OC(C)(C)C)[C@H]1CO[C@H]1CC[C@@H](c2ccccc2)CC1. The third-order valence-corrected chi connectivity index (χ3v) is 7.19. The topological polar surface area (TPSA) is 100 Å². The smallest absolute Gasteiger partial charge is 0.410 e. The van der Waals surface area contributed by atoms with Crippen molar-refractivity contribution in [2.45, 2.75) is 94.9 Å². The summed E-state index contributed by atoms with van der Waals surface area (Å²) in [5.41, 5.74) is 6.87. The molecule has 1 aliphatic heterocycles. The van der Waals surface area contributed by atoms with Gasteiger partial charge in [0.25, 0.3) is 0 Å². The van der Waals surface area contributed by atoms with Crippen LogP contribution in [0.3, 0.4) is 0 Å². The van der Waals surface area contributed by atoms with Gasteiger partial charge in [0, 0.05) is 6.54 Å². The van der Waals surface area contributed by atoms with Crippen LogP contribution < -0.4 is 5.73 Å². The number of esters is 1. The lowest BCUT2D eigenvalue weighted by atomic mass is 9.82. The van der Waals surface area contributed by atoms with Crippen LogP contribution in [0.1, 0.15) is 77.2 Å². The molecular weight excluding hydrogens is 460 g/mol. The Morgan fingerprint density at radius 3 is 2.44 bits per heavy atom. The lowest BCUT2D eigenvalue weighted by Gasteiger charge is -2.48. The second kappa shape index (κ2) is 12.9. The van der Waals surface area contributed by atoms with Gasteiger partial charge in [0.05, 0.1) is 51.0 Å². The number of likely N-dealkylation sites (tertiary alicyclic amines) is 1. The van der Waals surface area contributed by atoms with Crippen molar-refractivity contribution >= 4 is 12.1 Å². The predicted molar refractivity (Wildman–Crippen MR) is 138 cm³/mol. The first-order valence-corrected chi connectivity index (χ1v) is 13.2. The molecule has 0 unspecified atom stereocenters. The van der Waals surface area contributed by atoms with Crippen LogP contribution in [-0.4, -0.2) is 73.7 Å². The summed E-state index contributed by atoms with van der Waals surface area (Å²) in [4.78, 5) is 26.3. The Bertz CT molecular complexity index is 834.